The van der Waals surface area contributed by atoms with Crippen LogP contribution in [0.2, 0.25) is 0 Å². The Morgan fingerprint density at radius 3 is 2.47 bits per heavy atom. The van der Waals surface area contributed by atoms with Gasteiger partial charge in [-0.3, -0.25) is 4.79 Å². The van der Waals surface area contributed by atoms with Crippen LogP contribution in [0.15, 0.2) is 24.3 Å². The number of hydrogen-bond acceptors (Lipinski definition) is 4. The number of para-hydroxylation sites is 1. The third-order valence-corrected chi connectivity index (χ3v) is 2.85. The van der Waals surface area contributed by atoms with Crippen molar-refractivity contribution < 1.29 is 19.4 Å². The van der Waals surface area contributed by atoms with Crippen molar-refractivity contribution in [2.45, 2.75) is 26.8 Å². The summed E-state index contributed by atoms with van der Waals surface area (Å²) in [7, 11) is 0. The van der Waals surface area contributed by atoms with Crippen LogP contribution in [-0.2, 0) is 9.53 Å². The molecule has 0 aromatic heterocycles. The van der Waals surface area contributed by atoms with Crippen LogP contribution in [0.3, 0.4) is 0 Å². The molecule has 0 aliphatic carbocycles. The molecule has 5 nitrogen and oxygen atoms in total. The van der Waals surface area contributed by atoms with E-state index in [-0.39, 0.29) is 29.9 Å². The molecule has 0 bridgehead atoms. The van der Waals surface area contributed by atoms with E-state index in [1.807, 2.05) is 20.8 Å². The van der Waals surface area contributed by atoms with Crippen molar-refractivity contribution in [3.05, 3.63) is 29.8 Å². The molecule has 1 rings (SSSR count). The number of phenols is 1. The molecule has 0 saturated heterocycles. The van der Waals surface area contributed by atoms with Gasteiger partial charge in [-0.2, -0.15) is 0 Å². The van der Waals surface area contributed by atoms with Gasteiger partial charge in [0.25, 0.3) is 5.91 Å². The van der Waals surface area contributed by atoms with Gasteiger partial charge >= 0.3 is 5.97 Å². The molecule has 2 N–H and O–H groups in total. The van der Waals surface area contributed by atoms with Gasteiger partial charge in [-0.15, -0.1) is 0 Å². The van der Waals surface area contributed by atoms with E-state index in [1.54, 1.807) is 12.1 Å². The van der Waals surface area contributed by atoms with E-state index < -0.39 is 5.97 Å². The lowest BCUT2D eigenvalue weighted by Crippen LogP contribution is -2.38. The molecular formula is C14H19NO4. The molecule has 0 aliphatic rings. The fourth-order valence-electron chi connectivity index (χ4n) is 1.32. The number of carbonyl (C=O) groups is 2. The quantitative estimate of drug-likeness (QED) is 0.795. The number of esters is 1. The number of carbonyl (C=O) groups excluding carboxylic acids is 2. The van der Waals surface area contributed by atoms with Crippen LogP contribution in [-0.4, -0.2) is 29.6 Å². The van der Waals surface area contributed by atoms with E-state index in [2.05, 4.69) is 5.32 Å². The highest BCUT2D eigenvalue weighted by Crippen LogP contribution is 2.16. The van der Waals surface area contributed by atoms with Crippen LogP contribution in [0, 0.1) is 5.92 Å². The van der Waals surface area contributed by atoms with Gasteiger partial charge in [-0.05, 0) is 25.0 Å². The Labute approximate surface area is 112 Å². The number of rotatable bonds is 5. The molecule has 104 valence electrons. The van der Waals surface area contributed by atoms with Gasteiger partial charge in [0, 0.05) is 6.04 Å². The summed E-state index contributed by atoms with van der Waals surface area (Å²) in [6.45, 7) is 5.50. The third kappa shape index (κ3) is 4.62. The number of nitrogens with one attached hydrogen (secondary N) is 1. The highest BCUT2D eigenvalue weighted by molar-refractivity contribution is 5.93. The first kappa shape index (κ1) is 15.0. The second kappa shape index (κ2) is 6.78. The van der Waals surface area contributed by atoms with Crippen LogP contribution < -0.4 is 5.32 Å². The van der Waals surface area contributed by atoms with Crippen molar-refractivity contribution in [2.24, 2.45) is 5.92 Å². The van der Waals surface area contributed by atoms with E-state index in [4.69, 9.17) is 4.74 Å². The molecular weight excluding hydrogens is 246 g/mol. The first-order valence-electron chi connectivity index (χ1n) is 6.16. The minimum atomic E-state index is -0.717. The summed E-state index contributed by atoms with van der Waals surface area (Å²) in [6.07, 6.45) is 0. The summed E-state index contributed by atoms with van der Waals surface area (Å²) >= 11 is 0. The van der Waals surface area contributed by atoms with E-state index in [9.17, 15) is 14.7 Å². The SMILES string of the molecule is CC(C)C(C)NC(=O)COC(=O)c1ccccc1O. The fourth-order valence-corrected chi connectivity index (χ4v) is 1.32. The summed E-state index contributed by atoms with van der Waals surface area (Å²) in [5.41, 5.74) is 0.0483. The molecule has 5 heteroatoms. The monoisotopic (exact) mass is 265 g/mol. The third-order valence-electron chi connectivity index (χ3n) is 2.85. The average molecular weight is 265 g/mol. The average Bonchev–Trinajstić information content (AvgIpc) is 2.36. The van der Waals surface area contributed by atoms with Crippen molar-refractivity contribution in [3.8, 4) is 5.75 Å². The van der Waals surface area contributed by atoms with E-state index in [0.717, 1.165) is 0 Å². The van der Waals surface area contributed by atoms with Crippen molar-refractivity contribution in [1.29, 1.82) is 0 Å². The van der Waals surface area contributed by atoms with Gasteiger partial charge in [-0.1, -0.05) is 26.0 Å². The van der Waals surface area contributed by atoms with Gasteiger partial charge in [0.1, 0.15) is 11.3 Å². The van der Waals surface area contributed by atoms with Gasteiger partial charge in [0.15, 0.2) is 6.61 Å². The lowest BCUT2D eigenvalue weighted by atomic mass is 10.1. The summed E-state index contributed by atoms with van der Waals surface area (Å²) < 4.78 is 4.84. The Morgan fingerprint density at radius 1 is 1.26 bits per heavy atom. The van der Waals surface area contributed by atoms with Crippen LogP contribution in [0.1, 0.15) is 31.1 Å². The summed E-state index contributed by atoms with van der Waals surface area (Å²) in [4.78, 5) is 23.2. The minimum absolute atomic E-state index is 0.0105. The molecule has 1 unspecified atom stereocenters. The molecule has 19 heavy (non-hydrogen) atoms. The van der Waals surface area contributed by atoms with E-state index >= 15 is 0 Å². The molecule has 1 aromatic rings. The number of amides is 1. The van der Waals surface area contributed by atoms with Crippen LogP contribution in [0.5, 0.6) is 5.75 Å². The lowest BCUT2D eigenvalue weighted by molar-refractivity contribution is -0.125. The molecule has 0 aliphatic heterocycles. The molecule has 0 fully saturated rings. The molecule has 0 heterocycles. The molecule has 1 amide bonds. The van der Waals surface area contributed by atoms with Crippen molar-refractivity contribution >= 4 is 11.9 Å². The molecule has 1 atom stereocenters. The van der Waals surface area contributed by atoms with Crippen LogP contribution >= 0.6 is 0 Å². The van der Waals surface area contributed by atoms with Crippen molar-refractivity contribution in [1.82, 2.24) is 5.32 Å². The Kier molecular flexibility index (Phi) is 5.36. The maximum atomic E-state index is 11.6. The highest BCUT2D eigenvalue weighted by atomic mass is 16.5. The number of aromatic hydroxyl groups is 1. The summed E-state index contributed by atoms with van der Waals surface area (Å²) in [5, 5.41) is 12.2. The topological polar surface area (TPSA) is 75.6 Å². The normalized spacial score (nSPS) is 12.0. The van der Waals surface area contributed by atoms with Crippen LogP contribution in [0.25, 0.3) is 0 Å². The van der Waals surface area contributed by atoms with Gasteiger partial charge in [-0.25, -0.2) is 4.79 Å². The number of ether oxygens (including phenoxy) is 1. The second-order valence-electron chi connectivity index (χ2n) is 4.69. The largest absolute Gasteiger partial charge is 0.507 e. The standard InChI is InChI=1S/C14H19NO4/c1-9(2)10(3)15-13(17)8-19-14(18)11-6-4-5-7-12(11)16/h4-7,9-10,16H,8H2,1-3H3,(H,15,17). The molecule has 1 aromatic carbocycles. The maximum Gasteiger partial charge on any atom is 0.342 e. The van der Waals surface area contributed by atoms with E-state index in [1.165, 1.54) is 12.1 Å². The minimum Gasteiger partial charge on any atom is -0.507 e. The van der Waals surface area contributed by atoms with Crippen molar-refractivity contribution in [2.75, 3.05) is 6.61 Å². The van der Waals surface area contributed by atoms with Gasteiger partial charge in [0.05, 0.1) is 0 Å². The first-order chi connectivity index (χ1) is 8.91. The lowest BCUT2D eigenvalue weighted by Gasteiger charge is -2.17. The van der Waals surface area contributed by atoms with E-state index in [0.29, 0.717) is 5.92 Å². The number of hydrogen-bond donors (Lipinski definition) is 2. The number of phenolic OH excluding ortho intramolecular Hbond substituents is 1. The predicted octanol–water partition coefficient (Wildman–Crippen LogP) is 1.71. The maximum absolute atomic E-state index is 11.6. The van der Waals surface area contributed by atoms with Gasteiger partial charge in [0.2, 0.25) is 0 Å². The Bertz CT molecular complexity index is 457. The zero-order valence-electron chi connectivity index (χ0n) is 11.3. The smallest absolute Gasteiger partial charge is 0.342 e. The van der Waals surface area contributed by atoms with Crippen molar-refractivity contribution in [3.63, 3.8) is 0 Å². The summed E-state index contributed by atoms with van der Waals surface area (Å²) in [6, 6.07) is 6.04. The molecule has 0 saturated carbocycles. The first-order valence-corrected chi connectivity index (χ1v) is 6.16. The predicted molar refractivity (Wildman–Crippen MR) is 70.8 cm³/mol. The summed E-state index contributed by atoms with van der Waals surface area (Å²) in [5.74, 6) is -0.934. The zero-order valence-corrected chi connectivity index (χ0v) is 11.3. The molecule has 0 radical (unpaired) electrons. The van der Waals surface area contributed by atoms with Gasteiger partial charge < -0.3 is 15.2 Å². The Hall–Kier alpha value is -2.04. The Balaban J connectivity index is 2.47. The van der Waals surface area contributed by atoms with Crippen LogP contribution in [0.4, 0.5) is 0 Å². The fraction of sp³-hybridized carbons (Fsp3) is 0.429. The highest BCUT2D eigenvalue weighted by Gasteiger charge is 2.15. The Morgan fingerprint density at radius 2 is 1.89 bits per heavy atom. The number of benzene rings is 1. The second-order valence-corrected chi connectivity index (χ2v) is 4.69. The zero-order chi connectivity index (χ0) is 14.4. The molecule has 0 spiro atoms.